The van der Waals surface area contributed by atoms with Crippen molar-refractivity contribution in [2.75, 3.05) is 0 Å². The lowest BCUT2D eigenvalue weighted by Gasteiger charge is -2.01. The van der Waals surface area contributed by atoms with E-state index in [1.165, 1.54) is 5.56 Å². The molecule has 0 amide bonds. The lowest BCUT2D eigenvalue weighted by atomic mass is 10.2. The van der Waals surface area contributed by atoms with Crippen LogP contribution in [0.4, 0.5) is 0 Å². The molecule has 66 valence electrons. The Morgan fingerprint density at radius 2 is 1.92 bits per heavy atom. The molecule has 0 saturated carbocycles. The van der Waals surface area contributed by atoms with Crippen LogP contribution in [0.5, 0.6) is 0 Å². The summed E-state index contributed by atoms with van der Waals surface area (Å²) in [7, 11) is 0. The van der Waals surface area contributed by atoms with Gasteiger partial charge in [-0.1, -0.05) is 6.07 Å². The molecular weight excluding hydrogens is 228 g/mol. The fourth-order valence-electron chi connectivity index (χ4n) is 1.31. The molecule has 0 radical (unpaired) electrons. The van der Waals surface area contributed by atoms with E-state index in [0.717, 1.165) is 21.3 Å². The lowest BCUT2D eigenvalue weighted by molar-refractivity contribution is 1.07. The maximum Gasteiger partial charge on any atom is 0.127 e. The van der Waals surface area contributed by atoms with Gasteiger partial charge in [-0.15, -0.1) is 0 Å². The number of nitrogens with zero attached hydrogens (tertiary/aromatic N) is 2. The SMILES string of the molecule is Cc1ccc2c(Br)nc(C)nc2c1. The van der Waals surface area contributed by atoms with Crippen molar-refractivity contribution in [3.05, 3.63) is 34.2 Å². The van der Waals surface area contributed by atoms with Gasteiger partial charge in [0.25, 0.3) is 0 Å². The molecule has 3 heteroatoms. The second-order valence-electron chi connectivity index (χ2n) is 3.08. The highest BCUT2D eigenvalue weighted by atomic mass is 79.9. The Morgan fingerprint density at radius 3 is 2.69 bits per heavy atom. The monoisotopic (exact) mass is 236 g/mol. The second kappa shape index (κ2) is 3.07. The molecule has 13 heavy (non-hydrogen) atoms. The van der Waals surface area contributed by atoms with Crippen LogP contribution in [0.1, 0.15) is 11.4 Å². The first-order valence-corrected chi connectivity index (χ1v) is 4.86. The standard InChI is InChI=1S/C10H9BrN2/c1-6-3-4-8-9(5-6)12-7(2)13-10(8)11/h3-5H,1-2H3. The Labute approximate surface area is 85.1 Å². The largest absolute Gasteiger partial charge is 0.233 e. The van der Waals surface area contributed by atoms with Gasteiger partial charge in [0.05, 0.1) is 5.52 Å². The van der Waals surface area contributed by atoms with Crippen molar-refractivity contribution in [3.63, 3.8) is 0 Å². The van der Waals surface area contributed by atoms with Gasteiger partial charge >= 0.3 is 0 Å². The normalized spacial score (nSPS) is 10.7. The van der Waals surface area contributed by atoms with E-state index in [9.17, 15) is 0 Å². The van der Waals surface area contributed by atoms with Crippen LogP contribution in [0.25, 0.3) is 10.9 Å². The number of fused-ring (bicyclic) bond motifs is 1. The van der Waals surface area contributed by atoms with Crippen LogP contribution >= 0.6 is 15.9 Å². The first-order valence-electron chi connectivity index (χ1n) is 4.07. The van der Waals surface area contributed by atoms with Gasteiger partial charge in [0.1, 0.15) is 10.4 Å². The molecule has 0 fully saturated rings. The maximum absolute atomic E-state index is 4.36. The average Bonchev–Trinajstić information content (AvgIpc) is 2.02. The predicted octanol–water partition coefficient (Wildman–Crippen LogP) is 3.01. The van der Waals surface area contributed by atoms with Crippen molar-refractivity contribution >= 4 is 26.8 Å². The molecule has 0 N–H and O–H groups in total. The molecule has 0 saturated heterocycles. The van der Waals surface area contributed by atoms with E-state index in [1.54, 1.807) is 0 Å². The molecule has 1 heterocycles. The highest BCUT2D eigenvalue weighted by molar-refractivity contribution is 9.10. The molecule has 0 bridgehead atoms. The molecule has 0 aliphatic rings. The van der Waals surface area contributed by atoms with Gasteiger partial charge in [0.15, 0.2) is 0 Å². The van der Waals surface area contributed by atoms with Crippen molar-refractivity contribution in [2.24, 2.45) is 0 Å². The summed E-state index contributed by atoms with van der Waals surface area (Å²) in [5.41, 5.74) is 2.22. The molecule has 2 aromatic rings. The van der Waals surface area contributed by atoms with Crippen LogP contribution in [0.15, 0.2) is 22.8 Å². The number of aromatic nitrogens is 2. The number of hydrogen-bond acceptors (Lipinski definition) is 2. The van der Waals surface area contributed by atoms with Crippen LogP contribution < -0.4 is 0 Å². The van der Waals surface area contributed by atoms with Gasteiger partial charge in [-0.25, -0.2) is 9.97 Å². The molecule has 0 aliphatic carbocycles. The number of aryl methyl sites for hydroxylation is 2. The van der Waals surface area contributed by atoms with Crippen LogP contribution in [-0.2, 0) is 0 Å². The third-order valence-electron chi connectivity index (χ3n) is 1.92. The minimum absolute atomic E-state index is 0.796. The molecule has 1 aromatic heterocycles. The minimum Gasteiger partial charge on any atom is -0.233 e. The Bertz CT molecular complexity index is 460. The van der Waals surface area contributed by atoms with Gasteiger partial charge in [0.2, 0.25) is 0 Å². The summed E-state index contributed by atoms with van der Waals surface area (Å²) in [6.45, 7) is 3.96. The zero-order valence-corrected chi connectivity index (χ0v) is 9.09. The quantitative estimate of drug-likeness (QED) is 0.658. The van der Waals surface area contributed by atoms with Crippen molar-refractivity contribution in [1.29, 1.82) is 0 Å². The molecule has 2 nitrogen and oxygen atoms in total. The third kappa shape index (κ3) is 1.56. The third-order valence-corrected chi connectivity index (χ3v) is 2.52. The summed E-state index contributed by atoms with van der Waals surface area (Å²) in [4.78, 5) is 8.59. The molecule has 0 unspecified atom stereocenters. The maximum atomic E-state index is 4.36. The van der Waals surface area contributed by atoms with Crippen LogP contribution in [0.3, 0.4) is 0 Å². The van der Waals surface area contributed by atoms with E-state index in [0.29, 0.717) is 0 Å². The minimum atomic E-state index is 0.796. The van der Waals surface area contributed by atoms with Gasteiger partial charge < -0.3 is 0 Å². The van der Waals surface area contributed by atoms with E-state index in [2.05, 4.69) is 45.0 Å². The van der Waals surface area contributed by atoms with Gasteiger partial charge in [-0.05, 0) is 47.5 Å². The van der Waals surface area contributed by atoms with Crippen molar-refractivity contribution < 1.29 is 0 Å². The lowest BCUT2D eigenvalue weighted by Crippen LogP contribution is -1.90. The van der Waals surface area contributed by atoms with Crippen molar-refractivity contribution in [3.8, 4) is 0 Å². The highest BCUT2D eigenvalue weighted by Crippen LogP contribution is 2.21. The van der Waals surface area contributed by atoms with Crippen LogP contribution in [-0.4, -0.2) is 9.97 Å². The first kappa shape index (κ1) is 8.63. The Kier molecular flexibility index (Phi) is 2.04. The van der Waals surface area contributed by atoms with Crippen molar-refractivity contribution in [2.45, 2.75) is 13.8 Å². The summed E-state index contributed by atoms with van der Waals surface area (Å²) >= 11 is 3.42. The zero-order valence-electron chi connectivity index (χ0n) is 7.50. The molecule has 2 rings (SSSR count). The van der Waals surface area contributed by atoms with E-state index in [1.807, 2.05) is 13.0 Å². The number of hydrogen-bond donors (Lipinski definition) is 0. The average molecular weight is 237 g/mol. The zero-order chi connectivity index (χ0) is 9.42. The first-order chi connectivity index (χ1) is 6.16. The summed E-state index contributed by atoms with van der Waals surface area (Å²) in [5, 5.41) is 1.07. The summed E-state index contributed by atoms with van der Waals surface area (Å²) in [5.74, 6) is 0.796. The fraction of sp³-hybridized carbons (Fsp3) is 0.200. The summed E-state index contributed by atoms with van der Waals surface area (Å²) < 4.78 is 0.870. The Balaban J connectivity index is 2.86. The smallest absolute Gasteiger partial charge is 0.127 e. The predicted molar refractivity (Wildman–Crippen MR) is 56.7 cm³/mol. The van der Waals surface area contributed by atoms with E-state index in [-0.39, 0.29) is 0 Å². The number of rotatable bonds is 0. The van der Waals surface area contributed by atoms with Crippen LogP contribution in [0, 0.1) is 13.8 Å². The second-order valence-corrected chi connectivity index (χ2v) is 3.83. The fourth-order valence-corrected chi connectivity index (χ4v) is 1.90. The molecule has 1 aromatic carbocycles. The van der Waals surface area contributed by atoms with E-state index < -0.39 is 0 Å². The molecule has 0 spiro atoms. The van der Waals surface area contributed by atoms with Gasteiger partial charge in [0, 0.05) is 5.39 Å². The topological polar surface area (TPSA) is 25.8 Å². The number of halogens is 1. The molecule has 0 atom stereocenters. The van der Waals surface area contributed by atoms with Crippen molar-refractivity contribution in [1.82, 2.24) is 9.97 Å². The van der Waals surface area contributed by atoms with Gasteiger partial charge in [-0.3, -0.25) is 0 Å². The van der Waals surface area contributed by atoms with E-state index in [4.69, 9.17) is 0 Å². The summed E-state index contributed by atoms with van der Waals surface area (Å²) in [6, 6.07) is 6.16. The van der Waals surface area contributed by atoms with Gasteiger partial charge in [-0.2, -0.15) is 0 Å². The van der Waals surface area contributed by atoms with Crippen LogP contribution in [0.2, 0.25) is 0 Å². The number of benzene rings is 1. The summed E-state index contributed by atoms with van der Waals surface area (Å²) in [6.07, 6.45) is 0. The molecular formula is C10H9BrN2. The Hall–Kier alpha value is -0.960. The molecule has 0 aliphatic heterocycles. The Morgan fingerprint density at radius 1 is 1.15 bits per heavy atom. The highest BCUT2D eigenvalue weighted by Gasteiger charge is 2.02. The van der Waals surface area contributed by atoms with E-state index >= 15 is 0 Å².